The third kappa shape index (κ3) is 4.60. The van der Waals surface area contributed by atoms with E-state index in [9.17, 15) is 4.79 Å². The molecule has 1 aromatic heterocycles. The van der Waals surface area contributed by atoms with Gasteiger partial charge in [0.1, 0.15) is 29.6 Å². The minimum absolute atomic E-state index is 0.0526. The van der Waals surface area contributed by atoms with Gasteiger partial charge in [0.15, 0.2) is 6.61 Å². The molecule has 0 bridgehead atoms. The predicted molar refractivity (Wildman–Crippen MR) is 141 cm³/mol. The van der Waals surface area contributed by atoms with Gasteiger partial charge in [-0.05, 0) is 78.3 Å². The summed E-state index contributed by atoms with van der Waals surface area (Å²) in [5.41, 5.74) is 8.21. The second kappa shape index (κ2) is 9.89. The van der Waals surface area contributed by atoms with Crippen LogP contribution < -0.4 is 14.2 Å². The van der Waals surface area contributed by atoms with Gasteiger partial charge in [-0.3, -0.25) is 4.79 Å². The molecule has 2 unspecified atom stereocenters. The van der Waals surface area contributed by atoms with E-state index in [1.54, 1.807) is 12.5 Å². The molecule has 0 saturated carbocycles. The molecule has 0 amide bonds. The second-order valence-electron chi connectivity index (χ2n) is 9.97. The fraction of sp³-hybridized carbons (Fsp3) is 0.290. The summed E-state index contributed by atoms with van der Waals surface area (Å²) in [6.07, 6.45) is 4.99. The van der Waals surface area contributed by atoms with Crippen molar-refractivity contribution in [2.45, 2.75) is 51.7 Å². The SMILES string of the molecule is Cc1cc(OCc2ncco2)cc(C)c1-c1cccc2c1CCC2Oc1ccc2c(c1)OCC2CC(=O)O. The Morgan fingerprint density at radius 2 is 1.92 bits per heavy atom. The van der Waals surface area contributed by atoms with Gasteiger partial charge < -0.3 is 23.7 Å². The van der Waals surface area contributed by atoms with Gasteiger partial charge >= 0.3 is 5.97 Å². The van der Waals surface area contributed by atoms with Crippen molar-refractivity contribution < 1.29 is 28.5 Å². The number of aromatic nitrogens is 1. The Bertz CT molecular complexity index is 1470. The summed E-state index contributed by atoms with van der Waals surface area (Å²) in [5, 5.41) is 9.16. The molecule has 7 nitrogen and oxygen atoms in total. The average Bonchev–Trinajstić information content (AvgIpc) is 3.64. The van der Waals surface area contributed by atoms with E-state index >= 15 is 0 Å². The van der Waals surface area contributed by atoms with Crippen LogP contribution in [0.1, 0.15) is 58.6 Å². The van der Waals surface area contributed by atoms with Crippen LogP contribution in [0.15, 0.2) is 65.4 Å². The number of ether oxygens (including phenoxy) is 3. The second-order valence-corrected chi connectivity index (χ2v) is 9.97. The van der Waals surface area contributed by atoms with Crippen molar-refractivity contribution in [2.24, 2.45) is 0 Å². The molecule has 3 aromatic carbocycles. The summed E-state index contributed by atoms with van der Waals surface area (Å²) in [6, 6.07) is 16.3. The molecular weight excluding hydrogens is 482 g/mol. The van der Waals surface area contributed by atoms with Gasteiger partial charge in [-0.15, -0.1) is 0 Å². The van der Waals surface area contributed by atoms with Crippen molar-refractivity contribution in [1.82, 2.24) is 4.98 Å². The fourth-order valence-corrected chi connectivity index (χ4v) is 5.75. The van der Waals surface area contributed by atoms with Gasteiger partial charge in [0.2, 0.25) is 5.89 Å². The Morgan fingerprint density at radius 3 is 2.68 bits per heavy atom. The van der Waals surface area contributed by atoms with Crippen LogP contribution in [0, 0.1) is 13.8 Å². The Morgan fingerprint density at radius 1 is 1.08 bits per heavy atom. The number of hydrogen-bond donors (Lipinski definition) is 1. The Kier molecular flexibility index (Phi) is 6.27. The zero-order valence-electron chi connectivity index (χ0n) is 21.4. The molecule has 6 rings (SSSR count). The molecule has 7 heteroatoms. The lowest BCUT2D eigenvalue weighted by Gasteiger charge is -2.18. The largest absolute Gasteiger partial charge is 0.492 e. The highest BCUT2D eigenvalue weighted by molar-refractivity contribution is 5.76. The highest BCUT2D eigenvalue weighted by Crippen LogP contribution is 2.44. The molecule has 0 radical (unpaired) electrons. The van der Waals surface area contributed by atoms with E-state index in [1.807, 2.05) is 18.2 Å². The number of rotatable bonds is 8. The summed E-state index contributed by atoms with van der Waals surface area (Å²) >= 11 is 0. The quantitative estimate of drug-likeness (QED) is 0.287. The number of carbonyl (C=O) groups is 1. The van der Waals surface area contributed by atoms with Crippen molar-refractivity contribution in [2.75, 3.05) is 6.61 Å². The predicted octanol–water partition coefficient (Wildman–Crippen LogP) is 6.55. The minimum Gasteiger partial charge on any atom is -0.492 e. The summed E-state index contributed by atoms with van der Waals surface area (Å²) < 4.78 is 23.4. The molecule has 0 saturated heterocycles. The van der Waals surface area contributed by atoms with Crippen LogP contribution in [0.5, 0.6) is 17.2 Å². The number of fused-ring (bicyclic) bond motifs is 2. The lowest BCUT2D eigenvalue weighted by Crippen LogP contribution is -2.07. The van der Waals surface area contributed by atoms with E-state index in [2.05, 4.69) is 49.2 Å². The Labute approximate surface area is 221 Å². The molecular formula is C31H29NO6. The first-order chi connectivity index (χ1) is 18.5. The molecule has 0 fully saturated rings. The van der Waals surface area contributed by atoms with Crippen molar-refractivity contribution in [3.63, 3.8) is 0 Å². The standard InChI is InChI=1S/C31H29NO6/c1-18-12-22(36-17-29-32-10-11-35-29)13-19(2)31(18)26-5-3-4-25-24(26)8-9-27(25)38-21-6-7-23-20(14-30(33)34)16-37-28(23)15-21/h3-7,10-13,15,20,27H,8-9,14,16-17H2,1-2H3,(H,33,34). The van der Waals surface area contributed by atoms with Crippen molar-refractivity contribution in [3.05, 3.63) is 94.7 Å². The summed E-state index contributed by atoms with van der Waals surface area (Å²) in [7, 11) is 0. The van der Waals surface area contributed by atoms with Gasteiger partial charge in [-0.25, -0.2) is 4.98 Å². The van der Waals surface area contributed by atoms with Crippen molar-refractivity contribution >= 4 is 5.97 Å². The van der Waals surface area contributed by atoms with Gasteiger partial charge in [-0.2, -0.15) is 0 Å². The molecule has 2 atom stereocenters. The van der Waals surface area contributed by atoms with Gasteiger partial charge in [-0.1, -0.05) is 24.3 Å². The van der Waals surface area contributed by atoms with Crippen LogP contribution in [0.3, 0.4) is 0 Å². The number of carboxylic acid groups (broad SMARTS) is 1. The number of benzene rings is 3. The fourth-order valence-electron chi connectivity index (χ4n) is 5.75. The van der Waals surface area contributed by atoms with Gasteiger partial charge in [0, 0.05) is 17.5 Å². The van der Waals surface area contributed by atoms with Crippen LogP contribution in [-0.4, -0.2) is 22.7 Å². The van der Waals surface area contributed by atoms with E-state index in [0.29, 0.717) is 19.1 Å². The van der Waals surface area contributed by atoms with Crippen LogP contribution >= 0.6 is 0 Å². The number of aliphatic carboxylic acids is 1. The third-order valence-corrected chi connectivity index (χ3v) is 7.40. The Balaban J connectivity index is 1.22. The Hall–Kier alpha value is -4.26. The first-order valence-corrected chi connectivity index (χ1v) is 12.9. The summed E-state index contributed by atoms with van der Waals surface area (Å²) in [6.45, 7) is 4.91. The number of aryl methyl sites for hydroxylation is 2. The zero-order chi connectivity index (χ0) is 26.2. The molecule has 0 spiro atoms. The normalized spacial score (nSPS) is 17.5. The van der Waals surface area contributed by atoms with Crippen LogP contribution in [0.2, 0.25) is 0 Å². The van der Waals surface area contributed by atoms with Crippen molar-refractivity contribution in [3.8, 4) is 28.4 Å². The molecule has 1 aliphatic heterocycles. The number of oxazole rings is 1. The highest BCUT2D eigenvalue weighted by Gasteiger charge is 2.30. The smallest absolute Gasteiger partial charge is 0.304 e. The first kappa shape index (κ1) is 24.1. The van der Waals surface area contributed by atoms with E-state index in [0.717, 1.165) is 46.8 Å². The molecule has 1 aliphatic carbocycles. The molecule has 2 heterocycles. The molecule has 1 N–H and O–H groups in total. The zero-order valence-corrected chi connectivity index (χ0v) is 21.4. The maximum absolute atomic E-state index is 11.1. The maximum atomic E-state index is 11.1. The lowest BCUT2D eigenvalue weighted by molar-refractivity contribution is -0.137. The topological polar surface area (TPSA) is 91.0 Å². The average molecular weight is 512 g/mol. The molecule has 4 aromatic rings. The lowest BCUT2D eigenvalue weighted by atomic mass is 9.90. The minimum atomic E-state index is -0.816. The van der Waals surface area contributed by atoms with Gasteiger partial charge in [0.25, 0.3) is 0 Å². The van der Waals surface area contributed by atoms with Crippen LogP contribution in [0.4, 0.5) is 0 Å². The van der Waals surface area contributed by atoms with E-state index in [1.165, 1.54) is 22.3 Å². The summed E-state index contributed by atoms with van der Waals surface area (Å²) in [4.78, 5) is 15.3. The molecule has 38 heavy (non-hydrogen) atoms. The van der Waals surface area contributed by atoms with E-state index in [-0.39, 0.29) is 18.4 Å². The van der Waals surface area contributed by atoms with E-state index in [4.69, 9.17) is 23.7 Å². The third-order valence-electron chi connectivity index (χ3n) is 7.40. The van der Waals surface area contributed by atoms with Crippen LogP contribution in [0.25, 0.3) is 11.1 Å². The first-order valence-electron chi connectivity index (χ1n) is 12.9. The number of hydrogen-bond acceptors (Lipinski definition) is 6. The maximum Gasteiger partial charge on any atom is 0.304 e. The number of nitrogens with zero attached hydrogens (tertiary/aromatic N) is 1. The van der Waals surface area contributed by atoms with Crippen LogP contribution in [-0.2, 0) is 17.8 Å². The van der Waals surface area contributed by atoms with Crippen molar-refractivity contribution in [1.29, 1.82) is 0 Å². The van der Waals surface area contributed by atoms with Gasteiger partial charge in [0.05, 0.1) is 19.2 Å². The number of carboxylic acids is 1. The molecule has 2 aliphatic rings. The highest BCUT2D eigenvalue weighted by atomic mass is 16.5. The summed E-state index contributed by atoms with van der Waals surface area (Å²) in [5.74, 6) is 1.87. The molecule has 194 valence electrons. The van der Waals surface area contributed by atoms with E-state index < -0.39 is 5.97 Å². The monoisotopic (exact) mass is 511 g/mol.